The molecule has 0 aromatic heterocycles. The number of halogens is 2. The summed E-state index contributed by atoms with van der Waals surface area (Å²) in [5.41, 5.74) is 6.24. The van der Waals surface area contributed by atoms with Crippen molar-refractivity contribution in [2.75, 3.05) is 6.61 Å². The molecule has 1 unspecified atom stereocenters. The van der Waals surface area contributed by atoms with Crippen molar-refractivity contribution in [3.8, 4) is 16.9 Å². The molecule has 0 saturated heterocycles. The maximum atomic E-state index is 14.7. The monoisotopic (exact) mass is 500 g/mol. The molecule has 0 N–H and O–H groups in total. The Morgan fingerprint density at radius 3 is 2.16 bits per heavy atom. The molecule has 1 aliphatic rings. The largest absolute Gasteiger partial charge is 0.490 e. The van der Waals surface area contributed by atoms with Gasteiger partial charge in [-0.05, 0) is 90.8 Å². The van der Waals surface area contributed by atoms with Crippen LogP contribution in [0.4, 0.5) is 8.78 Å². The van der Waals surface area contributed by atoms with Crippen LogP contribution in [0.5, 0.6) is 5.75 Å². The van der Waals surface area contributed by atoms with Crippen LogP contribution >= 0.6 is 0 Å². The van der Waals surface area contributed by atoms with Gasteiger partial charge in [-0.1, -0.05) is 87.0 Å². The molecule has 0 saturated carbocycles. The van der Waals surface area contributed by atoms with E-state index in [1.54, 1.807) is 6.07 Å². The summed E-state index contributed by atoms with van der Waals surface area (Å²) in [5.74, 6) is -1.23. The van der Waals surface area contributed by atoms with E-state index in [4.69, 9.17) is 4.74 Å². The van der Waals surface area contributed by atoms with Crippen LogP contribution in [0.15, 0.2) is 78.9 Å². The van der Waals surface area contributed by atoms with Crippen LogP contribution in [0.3, 0.4) is 0 Å². The Balaban J connectivity index is 1.30. The highest BCUT2D eigenvalue weighted by Gasteiger charge is 2.17. The number of hydrogen-bond donors (Lipinski definition) is 0. The highest BCUT2D eigenvalue weighted by molar-refractivity contribution is 5.71. The van der Waals surface area contributed by atoms with Crippen molar-refractivity contribution in [3.63, 3.8) is 0 Å². The number of allylic oxidation sites excluding steroid dienone is 4. The predicted molar refractivity (Wildman–Crippen MR) is 151 cm³/mol. The van der Waals surface area contributed by atoms with E-state index in [9.17, 15) is 8.78 Å². The molecule has 1 aliphatic carbocycles. The van der Waals surface area contributed by atoms with Crippen LogP contribution in [0, 0.1) is 17.6 Å². The van der Waals surface area contributed by atoms with Crippen LogP contribution in [0.2, 0.25) is 0 Å². The Kier molecular flexibility index (Phi) is 9.71. The molecule has 3 heteroatoms. The van der Waals surface area contributed by atoms with Gasteiger partial charge in [-0.3, -0.25) is 0 Å². The second-order valence-corrected chi connectivity index (χ2v) is 9.96. The number of rotatable bonds is 11. The van der Waals surface area contributed by atoms with Crippen molar-refractivity contribution in [1.29, 1.82) is 0 Å². The molecule has 0 radical (unpaired) electrons. The molecular weight excluding hydrogens is 462 g/mol. The molecule has 3 aromatic rings. The molecule has 3 aromatic carbocycles. The van der Waals surface area contributed by atoms with Gasteiger partial charge in [-0.15, -0.1) is 0 Å². The Hall–Kier alpha value is -3.20. The zero-order valence-electron chi connectivity index (χ0n) is 22.1. The lowest BCUT2D eigenvalue weighted by Crippen LogP contribution is -2.03. The molecular formula is C34H38F2O. The van der Waals surface area contributed by atoms with Gasteiger partial charge in [0, 0.05) is 5.56 Å². The maximum Gasteiger partial charge on any atom is 0.201 e. The van der Waals surface area contributed by atoms with Crippen LogP contribution in [-0.4, -0.2) is 6.61 Å². The first-order chi connectivity index (χ1) is 18.1. The van der Waals surface area contributed by atoms with E-state index >= 15 is 0 Å². The van der Waals surface area contributed by atoms with E-state index in [0.29, 0.717) is 18.1 Å². The molecule has 0 fully saturated rings. The summed E-state index contributed by atoms with van der Waals surface area (Å²) in [6.07, 6.45) is 15.5. The minimum Gasteiger partial charge on any atom is -0.490 e. The van der Waals surface area contributed by atoms with E-state index in [-0.39, 0.29) is 11.3 Å². The standard InChI is InChI=1S/C34H38F2O/c1-3-7-25-10-12-26(13-11-25)8-5-6-9-27-14-16-28(17-15-27)29-18-20-30(21-19-29)31-22-23-32(37-24-4-2)34(36)33(31)35/h6,9-13,16,18-23,27H,3-5,7-8,14-15,17,24H2,1-2H3/b9-6+. The molecule has 4 rings (SSSR count). The van der Waals surface area contributed by atoms with Gasteiger partial charge in [-0.25, -0.2) is 4.39 Å². The second kappa shape index (κ2) is 13.4. The summed E-state index contributed by atoms with van der Waals surface area (Å²) >= 11 is 0. The zero-order valence-corrected chi connectivity index (χ0v) is 22.1. The lowest BCUT2D eigenvalue weighted by Gasteiger charge is -2.20. The number of benzene rings is 3. The van der Waals surface area contributed by atoms with Crippen molar-refractivity contribution in [2.45, 2.75) is 65.2 Å². The summed E-state index contributed by atoms with van der Waals surface area (Å²) in [4.78, 5) is 0. The van der Waals surface area contributed by atoms with E-state index in [2.05, 4.69) is 49.4 Å². The first-order valence-corrected chi connectivity index (χ1v) is 13.7. The van der Waals surface area contributed by atoms with Crippen LogP contribution in [-0.2, 0) is 12.8 Å². The van der Waals surface area contributed by atoms with E-state index in [0.717, 1.165) is 50.5 Å². The van der Waals surface area contributed by atoms with Gasteiger partial charge in [0.05, 0.1) is 6.61 Å². The molecule has 194 valence electrons. The van der Waals surface area contributed by atoms with Gasteiger partial charge in [0.1, 0.15) is 0 Å². The minimum absolute atomic E-state index is 0.0308. The molecule has 1 atom stereocenters. The lowest BCUT2D eigenvalue weighted by molar-refractivity contribution is 0.295. The molecule has 1 nitrogen and oxygen atoms in total. The highest BCUT2D eigenvalue weighted by atomic mass is 19.2. The first kappa shape index (κ1) is 26.9. The fourth-order valence-electron chi connectivity index (χ4n) is 4.93. The van der Waals surface area contributed by atoms with Crippen LogP contribution in [0.25, 0.3) is 16.7 Å². The van der Waals surface area contributed by atoms with E-state index in [1.807, 2.05) is 31.2 Å². The summed E-state index contributed by atoms with van der Waals surface area (Å²) in [7, 11) is 0. The van der Waals surface area contributed by atoms with Gasteiger partial charge >= 0.3 is 0 Å². The van der Waals surface area contributed by atoms with E-state index in [1.165, 1.54) is 29.2 Å². The SMILES string of the molecule is CCCOc1ccc(-c2ccc(C3=CCC(/C=C/CCc4ccc(CCC)cc4)CC3)cc2)c(F)c1F. The van der Waals surface area contributed by atoms with Crippen molar-refractivity contribution < 1.29 is 13.5 Å². The van der Waals surface area contributed by atoms with Crippen molar-refractivity contribution >= 4 is 5.57 Å². The quantitative estimate of drug-likeness (QED) is 0.238. The Morgan fingerprint density at radius 1 is 0.811 bits per heavy atom. The first-order valence-electron chi connectivity index (χ1n) is 13.7. The van der Waals surface area contributed by atoms with Crippen molar-refractivity contribution in [2.24, 2.45) is 5.92 Å². The lowest BCUT2D eigenvalue weighted by atomic mass is 9.86. The molecule has 0 heterocycles. The normalized spacial score (nSPS) is 15.7. The predicted octanol–water partition coefficient (Wildman–Crippen LogP) is 9.75. The average molecular weight is 501 g/mol. The smallest absolute Gasteiger partial charge is 0.201 e. The van der Waals surface area contributed by atoms with Gasteiger partial charge in [0.15, 0.2) is 11.6 Å². The second-order valence-electron chi connectivity index (χ2n) is 9.96. The summed E-state index contributed by atoms with van der Waals surface area (Å²) < 4.78 is 34.4. The third kappa shape index (κ3) is 7.19. The Labute approximate surface area is 220 Å². The summed E-state index contributed by atoms with van der Waals surface area (Å²) in [6, 6.07) is 19.9. The van der Waals surface area contributed by atoms with Gasteiger partial charge < -0.3 is 4.74 Å². The molecule has 0 amide bonds. The molecule has 0 aliphatic heterocycles. The number of ether oxygens (including phenoxy) is 1. The third-order valence-corrected chi connectivity index (χ3v) is 7.10. The van der Waals surface area contributed by atoms with Crippen molar-refractivity contribution in [1.82, 2.24) is 0 Å². The highest BCUT2D eigenvalue weighted by Crippen LogP contribution is 2.34. The van der Waals surface area contributed by atoms with Gasteiger partial charge in [0.2, 0.25) is 5.82 Å². The van der Waals surface area contributed by atoms with Crippen LogP contribution < -0.4 is 4.74 Å². The zero-order chi connectivity index (χ0) is 26.0. The summed E-state index contributed by atoms with van der Waals surface area (Å²) in [6.45, 7) is 4.51. The molecule has 0 bridgehead atoms. The minimum atomic E-state index is -0.922. The van der Waals surface area contributed by atoms with Gasteiger partial charge in [-0.2, -0.15) is 4.39 Å². The fourth-order valence-corrected chi connectivity index (χ4v) is 4.93. The third-order valence-electron chi connectivity index (χ3n) is 7.10. The van der Waals surface area contributed by atoms with E-state index < -0.39 is 11.6 Å². The summed E-state index contributed by atoms with van der Waals surface area (Å²) in [5, 5.41) is 0. The Morgan fingerprint density at radius 2 is 1.51 bits per heavy atom. The maximum absolute atomic E-state index is 14.7. The average Bonchev–Trinajstić information content (AvgIpc) is 2.93. The molecule has 37 heavy (non-hydrogen) atoms. The molecule has 0 spiro atoms. The van der Waals surface area contributed by atoms with Crippen LogP contribution in [0.1, 0.15) is 69.1 Å². The number of hydrogen-bond acceptors (Lipinski definition) is 1. The van der Waals surface area contributed by atoms with Gasteiger partial charge in [0.25, 0.3) is 0 Å². The topological polar surface area (TPSA) is 9.23 Å². The fraction of sp³-hybridized carbons (Fsp3) is 0.353. The Bertz CT molecular complexity index is 1210. The number of aryl methyl sites for hydroxylation is 2. The van der Waals surface area contributed by atoms with Crippen molar-refractivity contribution in [3.05, 3.63) is 107 Å².